The molecule has 0 aromatic carbocycles. The zero-order chi connectivity index (χ0) is 2.71. The summed E-state index contributed by atoms with van der Waals surface area (Å²) in [6, 6.07) is 0. The molecule has 0 spiro atoms. The fourth-order valence-corrected chi connectivity index (χ4v) is 0. The van der Waals surface area contributed by atoms with Gasteiger partial charge in [-0.1, -0.05) is 0 Å². The van der Waals surface area contributed by atoms with E-state index in [1.807, 2.05) is 0 Å². The van der Waals surface area contributed by atoms with Crippen LogP contribution < -0.4 is 0 Å². The van der Waals surface area contributed by atoms with Gasteiger partial charge < -0.3 is 0 Å². The molecule has 0 aliphatic rings. The van der Waals surface area contributed by atoms with Crippen molar-refractivity contribution in [3.63, 3.8) is 0 Å². The standard InChI is InChI=1S/2ClH.Mg.Pb/h2*1H;;/q;;;+2/p-2. The van der Waals surface area contributed by atoms with Gasteiger partial charge in [-0.3, -0.25) is 0 Å². The molecule has 0 nitrogen and oxygen atoms in total. The van der Waals surface area contributed by atoms with E-state index in [1.54, 1.807) is 0 Å². The molecule has 0 rings (SSSR count). The van der Waals surface area contributed by atoms with Gasteiger partial charge >= 0.3 is 38.4 Å². The van der Waals surface area contributed by atoms with E-state index in [2.05, 4.69) is 0 Å². The summed E-state index contributed by atoms with van der Waals surface area (Å²) in [6.45, 7) is 0. The molecule has 0 unspecified atom stereocenters. The summed E-state index contributed by atoms with van der Waals surface area (Å²) in [4.78, 5) is 0. The molecule has 4 radical (unpaired) electrons. The monoisotopic (exact) mass is 302 g/mol. The van der Waals surface area contributed by atoms with Gasteiger partial charge in [-0.05, 0) is 0 Å². The molecule has 0 saturated carbocycles. The zero-order valence-electron chi connectivity index (χ0n) is 1.96. The van der Waals surface area contributed by atoms with Gasteiger partial charge in [-0.25, -0.2) is 0 Å². The van der Waals surface area contributed by atoms with E-state index in [9.17, 15) is 0 Å². The first-order chi connectivity index (χ1) is 1.41. The fourth-order valence-electron chi connectivity index (χ4n) is 0. The fraction of sp³-hybridized carbons (Fsp3) is 0. The first kappa shape index (κ1) is 9.55. The molecule has 4 heteroatoms. The Morgan fingerprint density at radius 3 is 1.25 bits per heavy atom. The predicted molar refractivity (Wildman–Crippen MR) is 23.2 cm³/mol. The third-order valence-corrected chi connectivity index (χ3v) is 0. The Hall–Kier alpha value is 2.27. The van der Waals surface area contributed by atoms with E-state index in [-0.39, 0.29) is 23.1 Å². The van der Waals surface area contributed by atoms with Gasteiger partial charge in [-0.2, -0.15) is 0 Å². The maximum Gasteiger partial charge on any atom is 0 e. The molecule has 4 heavy (non-hydrogen) atoms. The third kappa shape index (κ3) is 8.86. The molecule has 0 aromatic heterocycles. The molecule has 0 bridgehead atoms. The second-order valence-corrected chi connectivity index (χ2v) is 5.64. The molecule has 0 fully saturated rings. The summed E-state index contributed by atoms with van der Waals surface area (Å²) in [6.07, 6.45) is 0. The van der Waals surface area contributed by atoms with Crippen LogP contribution >= 0.6 is 16.6 Å². The topological polar surface area (TPSA) is 0 Å². The van der Waals surface area contributed by atoms with Crippen molar-refractivity contribution in [1.82, 2.24) is 0 Å². The van der Waals surface area contributed by atoms with Gasteiger partial charge in [0.05, 0.1) is 0 Å². The molecule has 0 aliphatic carbocycles. The van der Waals surface area contributed by atoms with Crippen LogP contribution in [0, 0.1) is 0 Å². The number of hydrogen-bond acceptors (Lipinski definition) is 0. The van der Waals surface area contributed by atoms with Crippen molar-refractivity contribution in [3.05, 3.63) is 0 Å². The van der Waals surface area contributed by atoms with E-state index in [0.29, 0.717) is 0 Å². The summed E-state index contributed by atoms with van der Waals surface area (Å²) >= 11 is -0.972. The number of halogens is 2. The van der Waals surface area contributed by atoms with Crippen LogP contribution in [0.3, 0.4) is 0 Å². The zero-order valence-corrected chi connectivity index (χ0v) is 8.78. The Kier molecular flexibility index (Phi) is 21.5. The minimum Gasteiger partial charge on any atom is 0 e. The van der Waals surface area contributed by atoms with Gasteiger partial charge in [0, 0.05) is 23.1 Å². The minimum absolute atomic E-state index is 0. The Morgan fingerprint density at radius 1 is 1.25 bits per heavy atom. The molecule has 0 amide bonds. The SMILES string of the molecule is [Cl][Pb][Cl].[Mg]. The molecule has 0 aromatic rings. The Bertz CT molecular complexity index is 6.00. The van der Waals surface area contributed by atoms with Crippen molar-refractivity contribution in [2.45, 2.75) is 0 Å². The van der Waals surface area contributed by atoms with Crippen LogP contribution in [0.4, 0.5) is 0 Å². The summed E-state index contributed by atoms with van der Waals surface area (Å²) in [5.74, 6) is 0. The number of hydrogen-bond donors (Lipinski definition) is 0. The Labute approximate surface area is 60.5 Å². The van der Waals surface area contributed by atoms with Crippen molar-refractivity contribution < 1.29 is 0 Å². The van der Waals surface area contributed by atoms with Crippen LogP contribution in [0.5, 0.6) is 0 Å². The summed E-state index contributed by atoms with van der Waals surface area (Å²) in [5, 5.41) is 0. The van der Waals surface area contributed by atoms with Crippen molar-refractivity contribution in [1.29, 1.82) is 0 Å². The minimum atomic E-state index is -0.972. The smallest absolute Gasteiger partial charge is 0 e. The van der Waals surface area contributed by atoms with E-state index in [4.69, 9.17) is 16.6 Å². The molecule has 0 N–H and O–H groups in total. The van der Waals surface area contributed by atoms with Crippen molar-refractivity contribution >= 4 is 61.5 Å². The first-order valence-corrected chi connectivity index (χ1v) is 9.95. The predicted octanol–water partition coefficient (Wildman–Crippen LogP) is 0.617. The maximum absolute atomic E-state index is 4.96. The summed E-state index contributed by atoms with van der Waals surface area (Å²) < 4.78 is 0. The second-order valence-electron chi connectivity index (χ2n) is 0.0714. The average molecular weight is 302 g/mol. The summed E-state index contributed by atoms with van der Waals surface area (Å²) in [7, 11) is 9.92. The Balaban J connectivity index is 0. The van der Waals surface area contributed by atoms with E-state index < -0.39 is 21.8 Å². The second kappa shape index (κ2) is 8.99. The maximum atomic E-state index is 4.96. The van der Waals surface area contributed by atoms with E-state index in [1.165, 1.54) is 0 Å². The third-order valence-electron chi connectivity index (χ3n) is 0. The van der Waals surface area contributed by atoms with Gasteiger partial charge in [0.15, 0.2) is 0 Å². The molecular formula is Cl2MgPb. The average Bonchev–Trinajstić information content (AvgIpc) is 0.918. The van der Waals surface area contributed by atoms with Crippen molar-refractivity contribution in [2.24, 2.45) is 0 Å². The van der Waals surface area contributed by atoms with Crippen molar-refractivity contribution in [3.8, 4) is 0 Å². The molecule has 0 saturated heterocycles. The van der Waals surface area contributed by atoms with Crippen LogP contribution in [0.2, 0.25) is 0 Å². The van der Waals surface area contributed by atoms with Crippen LogP contribution in [0.25, 0.3) is 0 Å². The van der Waals surface area contributed by atoms with Crippen LogP contribution in [-0.2, 0) is 0 Å². The number of rotatable bonds is 0. The molecule has 20 valence electrons. The van der Waals surface area contributed by atoms with Gasteiger partial charge in [0.1, 0.15) is 0 Å². The normalized spacial score (nSPS) is 4.50. The van der Waals surface area contributed by atoms with Gasteiger partial charge in [0.25, 0.3) is 0 Å². The Morgan fingerprint density at radius 2 is 1.25 bits per heavy atom. The largest absolute Gasteiger partial charge is 0 e. The molecule has 0 atom stereocenters. The first-order valence-electron chi connectivity index (χ1n) is 0.378. The van der Waals surface area contributed by atoms with Crippen LogP contribution in [-0.4, -0.2) is 44.8 Å². The molecule has 0 aliphatic heterocycles. The van der Waals surface area contributed by atoms with Crippen LogP contribution in [0.1, 0.15) is 0 Å². The molecule has 0 heterocycles. The summed E-state index contributed by atoms with van der Waals surface area (Å²) in [5.41, 5.74) is 0. The van der Waals surface area contributed by atoms with Crippen LogP contribution in [0.15, 0.2) is 0 Å². The van der Waals surface area contributed by atoms with E-state index >= 15 is 0 Å². The molecular weight excluding hydrogens is 302 g/mol. The van der Waals surface area contributed by atoms with Crippen molar-refractivity contribution in [2.75, 3.05) is 0 Å². The van der Waals surface area contributed by atoms with Gasteiger partial charge in [0.2, 0.25) is 0 Å². The quantitative estimate of drug-likeness (QED) is 0.576. The van der Waals surface area contributed by atoms with Gasteiger partial charge in [-0.15, -0.1) is 0 Å². The van der Waals surface area contributed by atoms with E-state index in [0.717, 1.165) is 0 Å².